The van der Waals surface area contributed by atoms with E-state index in [1.807, 2.05) is 0 Å². The van der Waals surface area contributed by atoms with Gasteiger partial charge in [-0.3, -0.25) is 0 Å². The predicted molar refractivity (Wildman–Crippen MR) is 344 cm³/mol. The number of para-hydroxylation sites is 3. The van der Waals surface area contributed by atoms with E-state index in [0.29, 0.717) is 17.5 Å². The van der Waals surface area contributed by atoms with E-state index in [1.165, 1.54) is 31.3 Å². The number of hydrogen-bond donors (Lipinski definition) is 0. The molecular weight excluding hydrogens is 1050 g/mol. The monoisotopic (exact) mass is 1100 g/mol. The Hall–Kier alpha value is -9.51. The van der Waals surface area contributed by atoms with Gasteiger partial charge in [0, 0.05) is 65.4 Å². The van der Waals surface area contributed by atoms with Gasteiger partial charge in [0.2, 0.25) is 0 Å². The first kappa shape index (κ1) is 51.0. The number of thiophene rings is 3. The minimum Gasteiger partial charge on any atom is -0.302 e. The molecule has 0 aliphatic rings. The van der Waals surface area contributed by atoms with Crippen LogP contribution in [0, 0.1) is 20.8 Å². The van der Waals surface area contributed by atoms with Crippen LogP contribution in [0.3, 0.4) is 0 Å². The summed E-state index contributed by atoms with van der Waals surface area (Å²) in [6.45, 7) is 6.42. The maximum atomic E-state index is 5.21. The molecule has 81 heavy (non-hydrogen) atoms. The topological polar surface area (TPSA) is 48.4 Å². The molecule has 0 amide bonds. The van der Waals surface area contributed by atoms with Crippen molar-refractivity contribution in [2.24, 2.45) is 0 Å². The van der Waals surface area contributed by atoms with Gasteiger partial charge in [-0.05, 0) is 163 Å². The van der Waals surface area contributed by atoms with Crippen LogP contribution in [0.25, 0.3) is 65.5 Å². The number of hydrogen-bond acceptors (Lipinski definition) is 9. The lowest BCUT2D eigenvalue weighted by atomic mass is 10.1. The smallest absolute Gasteiger partial charge is 0.164 e. The van der Waals surface area contributed by atoms with E-state index in [9.17, 15) is 0 Å². The van der Waals surface area contributed by atoms with E-state index >= 15 is 0 Å². The van der Waals surface area contributed by atoms with Gasteiger partial charge in [-0.15, -0.1) is 34.0 Å². The number of rotatable bonds is 15. The van der Waals surface area contributed by atoms with Crippen LogP contribution in [0.1, 0.15) is 16.7 Å². The van der Waals surface area contributed by atoms with Crippen molar-refractivity contribution in [2.45, 2.75) is 20.8 Å². The molecule has 0 aliphatic carbocycles. The van der Waals surface area contributed by atoms with Crippen molar-refractivity contribution in [1.29, 1.82) is 0 Å². The molecule has 390 valence electrons. The number of anilines is 9. The van der Waals surface area contributed by atoms with Crippen LogP contribution in [-0.2, 0) is 0 Å². The number of benzene rings is 9. The highest BCUT2D eigenvalue weighted by molar-refractivity contribution is 7.20. The van der Waals surface area contributed by atoms with Crippen molar-refractivity contribution in [3.8, 4) is 65.5 Å². The Morgan fingerprint density at radius 2 is 0.481 bits per heavy atom. The molecule has 9 aromatic carbocycles. The van der Waals surface area contributed by atoms with Gasteiger partial charge in [-0.2, -0.15) is 0 Å². The lowest BCUT2D eigenvalue weighted by Crippen LogP contribution is -2.08. The lowest BCUT2D eigenvalue weighted by molar-refractivity contribution is 1.07. The second-order valence-electron chi connectivity index (χ2n) is 20.0. The molecule has 0 radical (unpaired) electrons. The molecule has 0 saturated heterocycles. The highest BCUT2D eigenvalue weighted by Crippen LogP contribution is 2.46. The quantitative estimate of drug-likeness (QED) is 0.102. The first-order chi connectivity index (χ1) is 39.8. The Morgan fingerprint density at radius 3 is 0.741 bits per heavy atom. The van der Waals surface area contributed by atoms with E-state index in [2.05, 4.69) is 308 Å². The molecule has 0 bridgehead atoms. The average Bonchev–Trinajstić information content (AvgIpc) is 4.45. The second kappa shape index (κ2) is 22.7. The fourth-order valence-electron chi connectivity index (χ4n) is 10.2. The number of nitrogens with zero attached hydrogens (tertiary/aromatic N) is 6. The second-order valence-corrected chi connectivity index (χ2v) is 23.2. The van der Waals surface area contributed by atoms with Gasteiger partial charge in [0.05, 0.1) is 0 Å². The standard InChI is InChI=1S/C72H54N6S3/c1-49-16-13-25-61(46-49)76(58-19-7-4-8-20-58)67-43-40-64(79-67)52-28-34-55(35-29-52)70-73-71(56-36-30-53(31-37-56)65-41-44-68(80-65)77(59-21-9-5-10-22-59)62-26-14-17-50(2)47-62)75-72(74-70)57-38-32-54(33-39-57)66-42-45-69(81-66)78(60-23-11-6-12-24-60)63-27-15-18-51(3)48-63/h4-48H,1-3H3. The Bertz CT molecular complexity index is 3810. The molecule has 0 saturated carbocycles. The molecule has 0 spiro atoms. The maximum absolute atomic E-state index is 5.21. The Labute approximate surface area is 485 Å². The Balaban J connectivity index is 0.831. The summed E-state index contributed by atoms with van der Waals surface area (Å²) in [6.07, 6.45) is 0. The van der Waals surface area contributed by atoms with E-state index in [-0.39, 0.29) is 0 Å². The van der Waals surface area contributed by atoms with E-state index in [0.717, 1.165) is 82.5 Å². The van der Waals surface area contributed by atoms with Crippen molar-refractivity contribution in [2.75, 3.05) is 14.7 Å². The summed E-state index contributed by atoms with van der Waals surface area (Å²) >= 11 is 5.32. The SMILES string of the molecule is Cc1cccc(N(c2ccccc2)c2ccc(-c3ccc(-c4nc(-c5ccc(-c6ccc(N(c7ccccc7)c7cccc(C)c7)s6)cc5)nc(-c5ccc(-c6ccc(N(c7ccccc7)c7cccc(C)c7)s6)cc5)n4)cc3)s2)c1. The summed E-state index contributed by atoms with van der Waals surface area (Å²) in [5.74, 6) is 1.82. The Kier molecular flexibility index (Phi) is 14.3. The van der Waals surface area contributed by atoms with Crippen molar-refractivity contribution < 1.29 is 0 Å². The van der Waals surface area contributed by atoms with E-state index in [4.69, 9.17) is 15.0 Å². The van der Waals surface area contributed by atoms with Crippen molar-refractivity contribution in [3.05, 3.63) is 290 Å². The van der Waals surface area contributed by atoms with Crippen molar-refractivity contribution in [1.82, 2.24) is 15.0 Å². The fourth-order valence-corrected chi connectivity index (χ4v) is 13.3. The summed E-state index contributed by atoms with van der Waals surface area (Å²) < 4.78 is 0. The molecule has 4 heterocycles. The molecule has 13 rings (SSSR count). The zero-order chi connectivity index (χ0) is 54.7. The van der Waals surface area contributed by atoms with Crippen LogP contribution in [-0.4, -0.2) is 15.0 Å². The molecule has 4 aromatic heterocycles. The molecular formula is C72H54N6S3. The average molecular weight is 1100 g/mol. The van der Waals surface area contributed by atoms with Crippen LogP contribution in [0.4, 0.5) is 49.1 Å². The molecule has 9 heteroatoms. The van der Waals surface area contributed by atoms with Gasteiger partial charge in [0.25, 0.3) is 0 Å². The first-order valence-corrected chi connectivity index (χ1v) is 29.4. The van der Waals surface area contributed by atoms with E-state index < -0.39 is 0 Å². The van der Waals surface area contributed by atoms with Crippen LogP contribution >= 0.6 is 34.0 Å². The third kappa shape index (κ3) is 11.0. The number of aromatic nitrogens is 3. The zero-order valence-corrected chi connectivity index (χ0v) is 47.3. The minimum atomic E-state index is 0.608. The summed E-state index contributed by atoms with van der Waals surface area (Å²) in [6, 6.07) is 96.9. The van der Waals surface area contributed by atoms with Crippen LogP contribution in [0.2, 0.25) is 0 Å². The molecule has 0 atom stereocenters. The molecule has 0 fully saturated rings. The van der Waals surface area contributed by atoms with Crippen LogP contribution < -0.4 is 14.7 Å². The van der Waals surface area contributed by atoms with Gasteiger partial charge in [0.1, 0.15) is 15.0 Å². The summed E-state index contributed by atoms with van der Waals surface area (Å²) in [4.78, 5) is 26.1. The molecule has 13 aromatic rings. The maximum Gasteiger partial charge on any atom is 0.164 e. The third-order valence-corrected chi connectivity index (χ3v) is 17.5. The minimum absolute atomic E-state index is 0.608. The van der Waals surface area contributed by atoms with Gasteiger partial charge < -0.3 is 14.7 Å². The lowest BCUT2D eigenvalue weighted by Gasteiger charge is -2.23. The van der Waals surface area contributed by atoms with Gasteiger partial charge in [0.15, 0.2) is 17.5 Å². The van der Waals surface area contributed by atoms with Crippen LogP contribution in [0.15, 0.2) is 273 Å². The van der Waals surface area contributed by atoms with Crippen LogP contribution in [0.5, 0.6) is 0 Å². The highest BCUT2D eigenvalue weighted by Gasteiger charge is 2.20. The Morgan fingerprint density at radius 1 is 0.235 bits per heavy atom. The van der Waals surface area contributed by atoms with Gasteiger partial charge >= 0.3 is 0 Å². The molecule has 0 N–H and O–H groups in total. The largest absolute Gasteiger partial charge is 0.302 e. The zero-order valence-electron chi connectivity index (χ0n) is 44.9. The van der Waals surface area contributed by atoms with E-state index in [1.54, 1.807) is 34.0 Å². The summed E-state index contributed by atoms with van der Waals surface area (Å²) in [5.41, 5.74) is 16.5. The summed E-state index contributed by atoms with van der Waals surface area (Å²) in [7, 11) is 0. The number of aryl methyl sites for hydroxylation is 3. The van der Waals surface area contributed by atoms with Gasteiger partial charge in [-0.25, -0.2) is 15.0 Å². The molecule has 0 unspecified atom stereocenters. The normalized spacial score (nSPS) is 11.1. The third-order valence-electron chi connectivity index (χ3n) is 14.2. The predicted octanol–water partition coefficient (Wildman–Crippen LogP) is 21.4. The van der Waals surface area contributed by atoms with Crippen molar-refractivity contribution >= 4 is 83.1 Å². The van der Waals surface area contributed by atoms with Crippen molar-refractivity contribution in [3.63, 3.8) is 0 Å². The van der Waals surface area contributed by atoms with Gasteiger partial charge in [-0.1, -0.05) is 164 Å². The molecule has 0 aliphatic heterocycles. The first-order valence-electron chi connectivity index (χ1n) is 27.0. The fraction of sp³-hybridized carbons (Fsp3) is 0.0417. The molecule has 6 nitrogen and oxygen atoms in total. The highest BCUT2D eigenvalue weighted by atomic mass is 32.1. The summed E-state index contributed by atoms with van der Waals surface area (Å²) in [5, 5.41) is 3.42.